The number of fused-ring (bicyclic) bond motifs is 1. The number of hydrogen-bond donors (Lipinski definition) is 0. The Morgan fingerprint density at radius 2 is 1.10 bits per heavy atom. The molecule has 0 spiro atoms. The fraction of sp³-hybridized carbons (Fsp3) is 0.231. The van der Waals surface area contributed by atoms with E-state index in [1.807, 2.05) is 0 Å². The second-order valence-corrected chi connectivity index (χ2v) is 9.36. The van der Waals surface area contributed by atoms with E-state index in [0.29, 0.717) is 0 Å². The van der Waals surface area contributed by atoms with Gasteiger partial charge in [-0.1, -0.05) is 0 Å². The standard InChI is InChI=1S/C26H25.3ClH.Ti/c1-17-11-18(2)14-22(13-17)26(23-15-19(3)12-20(4)16-23)25-10-9-21-7-5-6-8-24(21)25;;;;/h5-16,26H,1-4H3;3*1H;/q;;;;+3/p-3. The minimum absolute atomic E-state index is 0. The molecule has 0 aromatic heterocycles. The van der Waals surface area contributed by atoms with E-state index in [2.05, 4.69) is 121 Å². The monoisotopic (exact) mass is 490 g/mol. The molecule has 1 aliphatic carbocycles. The van der Waals surface area contributed by atoms with Crippen LogP contribution in [0.2, 0.25) is 0 Å². The van der Waals surface area contributed by atoms with Crippen LogP contribution in [-0.2, 0) is 24.2 Å². The third-order valence-electron chi connectivity index (χ3n) is 5.54. The summed E-state index contributed by atoms with van der Waals surface area (Å²) in [6.45, 7) is 8.82. The molecule has 0 nitrogen and oxygen atoms in total. The Morgan fingerprint density at radius 3 is 1.57 bits per heavy atom. The first kappa shape index (κ1) is 27.0. The molecule has 1 atom stereocenters. The molecule has 0 fully saturated rings. The van der Waals surface area contributed by atoms with Gasteiger partial charge in [0.05, 0.1) is 0 Å². The molecule has 4 rings (SSSR count). The van der Waals surface area contributed by atoms with Crippen molar-refractivity contribution in [3.8, 4) is 0 Å². The molecule has 1 unspecified atom stereocenters. The maximum atomic E-state index is 2.41. The van der Waals surface area contributed by atoms with Crippen LogP contribution in [0.1, 0.15) is 50.4 Å². The van der Waals surface area contributed by atoms with E-state index >= 15 is 0 Å². The minimum Gasteiger partial charge on any atom is -1.00 e. The molecular formula is C26H25Cl3Ti. The third kappa shape index (κ3) is 5.06. The van der Waals surface area contributed by atoms with Gasteiger partial charge in [0, 0.05) is 0 Å². The molecule has 0 amide bonds. The summed E-state index contributed by atoms with van der Waals surface area (Å²) in [6.07, 6.45) is 4.71. The summed E-state index contributed by atoms with van der Waals surface area (Å²) in [4.78, 5) is 0. The number of aryl methyl sites for hydroxylation is 4. The molecule has 0 N–H and O–H groups in total. The average molecular weight is 492 g/mol. The molecule has 1 aliphatic rings. The van der Waals surface area contributed by atoms with Crippen LogP contribution in [0.4, 0.5) is 0 Å². The molecular weight excluding hydrogens is 467 g/mol. The molecule has 3 aromatic rings. The van der Waals surface area contributed by atoms with Gasteiger partial charge in [-0.05, 0) is 0 Å². The second kappa shape index (κ2) is 10.5. The Kier molecular flexibility index (Phi) is 9.49. The predicted octanol–water partition coefficient (Wildman–Crippen LogP) is -2.47. The fourth-order valence-electron chi connectivity index (χ4n) is 4.65. The molecule has 0 saturated heterocycles. The van der Waals surface area contributed by atoms with E-state index in [1.165, 1.54) is 44.5 Å². The van der Waals surface area contributed by atoms with E-state index in [9.17, 15) is 0 Å². The number of hydrogen-bond acceptors (Lipinski definition) is 0. The van der Waals surface area contributed by atoms with Crippen molar-refractivity contribution in [2.45, 2.75) is 37.3 Å². The van der Waals surface area contributed by atoms with Crippen LogP contribution in [-0.4, -0.2) is 0 Å². The molecule has 3 aromatic carbocycles. The number of allylic oxidation sites excluding steroid dienone is 1. The van der Waals surface area contributed by atoms with E-state index in [0.717, 1.165) is 0 Å². The topological polar surface area (TPSA) is 0 Å². The molecule has 4 heteroatoms. The summed E-state index contributed by atoms with van der Waals surface area (Å²) in [5.74, 6) is 0.287. The molecule has 0 radical (unpaired) electrons. The summed E-state index contributed by atoms with van der Waals surface area (Å²) in [6, 6.07) is 22.9. The third-order valence-corrected chi connectivity index (χ3v) is 6.67. The van der Waals surface area contributed by atoms with Gasteiger partial charge in [-0.3, -0.25) is 0 Å². The van der Waals surface area contributed by atoms with Crippen molar-refractivity contribution in [1.82, 2.24) is 0 Å². The van der Waals surface area contributed by atoms with Gasteiger partial charge in [-0.15, -0.1) is 0 Å². The number of rotatable bonds is 3. The van der Waals surface area contributed by atoms with Crippen LogP contribution in [0.5, 0.6) is 0 Å². The Hall–Kier alpha value is -1.02. The zero-order valence-electron chi connectivity index (χ0n) is 17.6. The van der Waals surface area contributed by atoms with Gasteiger partial charge in [0.2, 0.25) is 0 Å². The van der Waals surface area contributed by atoms with Crippen molar-refractivity contribution in [3.05, 3.63) is 111 Å². The van der Waals surface area contributed by atoms with Crippen LogP contribution < -0.4 is 37.2 Å². The minimum atomic E-state index is -0.0585. The van der Waals surface area contributed by atoms with Crippen molar-refractivity contribution in [1.29, 1.82) is 0 Å². The molecule has 0 saturated carbocycles. The van der Waals surface area contributed by atoms with Gasteiger partial charge in [-0.2, -0.15) is 0 Å². The van der Waals surface area contributed by atoms with Crippen molar-refractivity contribution in [2.75, 3.05) is 0 Å². The van der Waals surface area contributed by atoms with Gasteiger partial charge >= 0.3 is 175 Å². The van der Waals surface area contributed by atoms with Gasteiger partial charge in [-0.25, -0.2) is 0 Å². The maximum Gasteiger partial charge on any atom is -1.00 e. The summed E-state index contributed by atoms with van der Waals surface area (Å²) >= 11 is 2.40. The van der Waals surface area contributed by atoms with Gasteiger partial charge < -0.3 is 37.2 Å². The largest absolute Gasteiger partial charge is 1.00 e. The molecule has 0 aliphatic heterocycles. The number of halogens is 3. The normalized spacial score (nSPS) is 16.4. The van der Waals surface area contributed by atoms with Crippen molar-refractivity contribution >= 4 is 6.08 Å². The number of benzene rings is 3. The van der Waals surface area contributed by atoms with Gasteiger partial charge in [0.1, 0.15) is 0 Å². The second-order valence-electron chi connectivity index (χ2n) is 8.06. The Balaban J connectivity index is 0.00000150. The van der Waals surface area contributed by atoms with Crippen LogP contribution in [0.15, 0.2) is 66.7 Å². The summed E-state index contributed by atoms with van der Waals surface area (Å²) in [5, 5.41) is 0. The Labute approximate surface area is 211 Å². The molecule has 0 heterocycles. The van der Waals surface area contributed by atoms with Crippen LogP contribution in [0.25, 0.3) is 6.08 Å². The maximum absolute atomic E-state index is 2.41. The first-order valence-electron chi connectivity index (χ1n) is 9.57. The van der Waals surface area contributed by atoms with E-state index in [4.69, 9.17) is 0 Å². The van der Waals surface area contributed by atoms with Crippen molar-refractivity contribution < 1.29 is 57.7 Å². The Morgan fingerprint density at radius 1 is 0.667 bits per heavy atom. The molecule has 154 valence electrons. The first-order valence-corrected chi connectivity index (χ1v) is 10.3. The van der Waals surface area contributed by atoms with E-state index in [-0.39, 0.29) is 46.9 Å². The smallest absolute Gasteiger partial charge is 1.00 e. The fourth-order valence-corrected chi connectivity index (χ4v) is 5.66. The zero-order chi connectivity index (χ0) is 19.2. The van der Waals surface area contributed by atoms with Crippen LogP contribution in [0, 0.1) is 27.7 Å². The predicted molar refractivity (Wildman–Crippen MR) is 111 cm³/mol. The first-order chi connectivity index (χ1) is 12.9. The quantitative estimate of drug-likeness (QED) is 0.357. The van der Waals surface area contributed by atoms with Crippen molar-refractivity contribution in [2.24, 2.45) is 0 Å². The summed E-state index contributed by atoms with van der Waals surface area (Å²) in [5.41, 5.74) is 10.9. The van der Waals surface area contributed by atoms with Gasteiger partial charge in [0.25, 0.3) is 0 Å². The molecule has 30 heavy (non-hydrogen) atoms. The molecule has 0 bridgehead atoms. The SMILES string of the molecule is Cc1cc(C)cc(C(c2cc(C)cc(C)c2)[C]2([Ti+3])C=Cc3ccccc32)c1.[Cl-].[Cl-].[Cl-]. The van der Waals surface area contributed by atoms with Gasteiger partial charge in [0.15, 0.2) is 0 Å². The average Bonchev–Trinajstić information content (AvgIpc) is 2.91. The van der Waals surface area contributed by atoms with E-state index in [1.54, 1.807) is 0 Å². The summed E-state index contributed by atoms with van der Waals surface area (Å²) in [7, 11) is 0. The zero-order valence-corrected chi connectivity index (χ0v) is 21.5. The van der Waals surface area contributed by atoms with Crippen molar-refractivity contribution in [3.63, 3.8) is 0 Å². The van der Waals surface area contributed by atoms with Crippen LogP contribution in [0.3, 0.4) is 0 Å². The summed E-state index contributed by atoms with van der Waals surface area (Å²) < 4.78 is -0.0585. The van der Waals surface area contributed by atoms with Crippen LogP contribution >= 0.6 is 0 Å². The Bertz CT molecular complexity index is 966. The van der Waals surface area contributed by atoms with E-state index < -0.39 is 0 Å².